The highest BCUT2D eigenvalue weighted by Gasteiger charge is 2.28. The monoisotopic (exact) mass is 514 g/mol. The van der Waals surface area contributed by atoms with E-state index in [1.165, 1.54) is 13.3 Å². The Labute approximate surface area is 213 Å². The Kier molecular flexibility index (Phi) is 8.40. The summed E-state index contributed by atoms with van der Waals surface area (Å²) in [5.74, 6) is -3.29. The van der Waals surface area contributed by atoms with Crippen molar-refractivity contribution < 1.29 is 27.4 Å². The molecule has 1 aromatic carbocycles. The molecule has 1 aliphatic rings. The van der Waals surface area contributed by atoms with E-state index in [-0.39, 0.29) is 36.6 Å². The number of anilines is 1. The molecule has 2 heterocycles. The molecule has 0 spiro atoms. The van der Waals surface area contributed by atoms with Gasteiger partial charge in [0.1, 0.15) is 41.2 Å². The predicted molar refractivity (Wildman–Crippen MR) is 133 cm³/mol. The maximum atomic E-state index is 14.8. The van der Waals surface area contributed by atoms with E-state index in [1.54, 1.807) is 6.20 Å². The Bertz CT molecular complexity index is 1240. The molecule has 196 valence electrons. The smallest absolute Gasteiger partial charge is 0.274 e. The van der Waals surface area contributed by atoms with Crippen molar-refractivity contribution >= 4 is 11.6 Å². The Morgan fingerprint density at radius 3 is 2.54 bits per heavy atom. The van der Waals surface area contributed by atoms with Gasteiger partial charge in [-0.3, -0.25) is 9.78 Å². The summed E-state index contributed by atoms with van der Waals surface area (Å²) in [7, 11) is 1.46. The first-order chi connectivity index (χ1) is 17.8. The summed E-state index contributed by atoms with van der Waals surface area (Å²) in [6.07, 6.45) is 5.82. The molecule has 1 aliphatic carbocycles. The number of ether oxygens (including phenoxy) is 2. The number of carbonyl (C=O) groups excluding carboxylic acids is 1. The van der Waals surface area contributed by atoms with Crippen LogP contribution in [-0.2, 0) is 4.74 Å². The molecule has 0 radical (unpaired) electrons. The van der Waals surface area contributed by atoms with Gasteiger partial charge in [0.15, 0.2) is 0 Å². The molecule has 4 rings (SSSR count). The fourth-order valence-corrected chi connectivity index (χ4v) is 4.81. The first kappa shape index (κ1) is 26.6. The third-order valence-electron chi connectivity index (χ3n) is 6.41. The van der Waals surface area contributed by atoms with Crippen LogP contribution in [-0.4, -0.2) is 42.2 Å². The van der Waals surface area contributed by atoms with Crippen LogP contribution in [0.3, 0.4) is 0 Å². The van der Waals surface area contributed by atoms with Crippen molar-refractivity contribution in [3.8, 4) is 17.0 Å². The summed E-state index contributed by atoms with van der Waals surface area (Å²) >= 11 is 0. The van der Waals surface area contributed by atoms with Crippen LogP contribution in [0.4, 0.5) is 18.9 Å². The lowest BCUT2D eigenvalue weighted by Crippen LogP contribution is -2.31. The van der Waals surface area contributed by atoms with Crippen molar-refractivity contribution in [2.75, 3.05) is 25.6 Å². The molecule has 10 heteroatoms. The molecule has 3 atom stereocenters. The first-order valence-electron chi connectivity index (χ1n) is 12.0. The number of rotatable bonds is 8. The molecule has 1 amide bonds. The van der Waals surface area contributed by atoms with Gasteiger partial charge in [-0.25, -0.2) is 18.2 Å². The van der Waals surface area contributed by atoms with Gasteiger partial charge in [-0.1, -0.05) is 6.92 Å². The fourth-order valence-electron chi connectivity index (χ4n) is 4.81. The van der Waals surface area contributed by atoms with E-state index in [4.69, 9.17) is 15.2 Å². The van der Waals surface area contributed by atoms with Crippen molar-refractivity contribution in [3.05, 3.63) is 71.4 Å². The number of amides is 1. The lowest BCUT2D eigenvalue weighted by molar-refractivity contribution is 0.102. The molecule has 0 saturated heterocycles. The number of methoxy groups -OCH3 is 1. The van der Waals surface area contributed by atoms with Crippen molar-refractivity contribution in [2.45, 2.75) is 38.1 Å². The Hall–Kier alpha value is -3.50. The summed E-state index contributed by atoms with van der Waals surface area (Å²) in [5, 5.41) is 2.77. The van der Waals surface area contributed by atoms with Crippen molar-refractivity contribution in [3.63, 3.8) is 0 Å². The van der Waals surface area contributed by atoms with Crippen LogP contribution in [0.25, 0.3) is 11.3 Å². The highest BCUT2D eigenvalue weighted by Crippen LogP contribution is 2.38. The number of nitrogens with two attached hydrogens (primary N) is 1. The quantitative estimate of drug-likeness (QED) is 0.407. The second-order valence-corrected chi connectivity index (χ2v) is 9.32. The molecule has 3 aromatic rings. The van der Waals surface area contributed by atoms with Gasteiger partial charge in [0.2, 0.25) is 0 Å². The predicted octanol–water partition coefficient (Wildman–Crippen LogP) is 5.07. The lowest BCUT2D eigenvalue weighted by Gasteiger charge is -2.32. The maximum absolute atomic E-state index is 14.8. The minimum atomic E-state index is -1.08. The molecule has 1 saturated carbocycles. The average Bonchev–Trinajstić information content (AvgIpc) is 2.84. The number of nitrogens with zero attached hydrogens (tertiary/aromatic N) is 2. The summed E-state index contributed by atoms with van der Waals surface area (Å²) in [6, 6.07) is 5.87. The van der Waals surface area contributed by atoms with Crippen LogP contribution in [0, 0.1) is 23.4 Å². The molecule has 2 aromatic heterocycles. The van der Waals surface area contributed by atoms with Crippen LogP contribution in [0.5, 0.6) is 5.75 Å². The summed E-state index contributed by atoms with van der Waals surface area (Å²) < 4.78 is 54.3. The van der Waals surface area contributed by atoms with Gasteiger partial charge in [-0.15, -0.1) is 0 Å². The van der Waals surface area contributed by atoms with E-state index in [1.807, 2.05) is 6.07 Å². The van der Waals surface area contributed by atoms with Crippen LogP contribution >= 0.6 is 0 Å². The second kappa shape index (κ2) is 11.7. The number of pyridine rings is 2. The molecule has 0 unspecified atom stereocenters. The fraction of sp³-hybridized carbons (Fsp3) is 0.370. The van der Waals surface area contributed by atoms with Gasteiger partial charge in [0.25, 0.3) is 5.91 Å². The minimum absolute atomic E-state index is 0.0633. The van der Waals surface area contributed by atoms with Crippen molar-refractivity contribution in [1.29, 1.82) is 0 Å². The molecule has 3 N–H and O–H groups in total. The normalized spacial score (nSPS) is 19.5. The zero-order valence-corrected chi connectivity index (χ0v) is 20.6. The zero-order valence-electron chi connectivity index (χ0n) is 20.6. The van der Waals surface area contributed by atoms with Crippen LogP contribution in [0.15, 0.2) is 42.7 Å². The molecule has 37 heavy (non-hydrogen) atoms. The average molecular weight is 515 g/mol. The van der Waals surface area contributed by atoms with Crippen LogP contribution < -0.4 is 15.8 Å². The number of carbonyl (C=O) groups is 1. The summed E-state index contributed by atoms with van der Waals surface area (Å²) in [6.45, 7) is 2.45. The summed E-state index contributed by atoms with van der Waals surface area (Å²) in [5.41, 5.74) is 6.08. The van der Waals surface area contributed by atoms with Gasteiger partial charge in [0.05, 0.1) is 24.1 Å². The molecule has 1 fully saturated rings. The van der Waals surface area contributed by atoms with E-state index >= 15 is 0 Å². The third-order valence-corrected chi connectivity index (χ3v) is 6.41. The number of nitrogens with one attached hydrogen (secondary N) is 1. The highest BCUT2D eigenvalue weighted by molar-refractivity contribution is 6.03. The summed E-state index contributed by atoms with van der Waals surface area (Å²) in [4.78, 5) is 21.2. The number of halogens is 3. The van der Waals surface area contributed by atoms with Crippen LogP contribution in [0.1, 0.15) is 48.2 Å². The van der Waals surface area contributed by atoms with Crippen LogP contribution in [0.2, 0.25) is 0 Å². The Balaban J connectivity index is 1.59. The largest absolute Gasteiger partial charge is 0.491 e. The lowest BCUT2D eigenvalue weighted by atomic mass is 9.76. The molecule has 7 nitrogen and oxygen atoms in total. The number of hydrogen-bond acceptors (Lipinski definition) is 6. The van der Waals surface area contributed by atoms with E-state index in [2.05, 4.69) is 22.2 Å². The standard InChI is InChI=1S/C27H29F3N4O3/c1-15-9-16(11-17(31)10-15)19-5-6-32-14-24(19)34-27(35)23-4-3-20(28)26(33-23)25-21(29)12-18(13-22(25)30)37-8-7-36-2/h3-6,12-17H,7-11,31H2,1-2H3,(H,34,35)/t15-,16+,17+/m0/s1. The SMILES string of the molecule is COCCOc1cc(F)c(-c2nc(C(=O)Nc3cnccc3[C@@H]3C[C@H](C)C[C@@H](N)C3)ccc2F)c(F)c1. The van der Waals surface area contributed by atoms with Gasteiger partial charge in [-0.2, -0.15) is 0 Å². The first-order valence-corrected chi connectivity index (χ1v) is 12.0. The Morgan fingerprint density at radius 2 is 1.84 bits per heavy atom. The van der Waals surface area contributed by atoms with Gasteiger partial charge >= 0.3 is 0 Å². The Morgan fingerprint density at radius 1 is 1.08 bits per heavy atom. The van der Waals surface area contributed by atoms with Gasteiger partial charge in [-0.05, 0) is 54.9 Å². The number of hydrogen-bond donors (Lipinski definition) is 2. The van der Waals surface area contributed by atoms with E-state index in [9.17, 15) is 18.0 Å². The van der Waals surface area contributed by atoms with Gasteiger partial charge < -0.3 is 20.5 Å². The van der Waals surface area contributed by atoms with Crippen molar-refractivity contribution in [1.82, 2.24) is 9.97 Å². The molecule has 0 bridgehead atoms. The van der Waals surface area contributed by atoms with Crippen molar-refractivity contribution in [2.24, 2.45) is 11.7 Å². The molecule has 0 aliphatic heterocycles. The molecular formula is C27H29F3N4O3. The van der Waals surface area contributed by atoms with E-state index in [0.29, 0.717) is 11.6 Å². The second-order valence-electron chi connectivity index (χ2n) is 9.32. The number of benzene rings is 1. The highest BCUT2D eigenvalue weighted by atomic mass is 19.1. The maximum Gasteiger partial charge on any atom is 0.274 e. The third kappa shape index (κ3) is 6.26. The van der Waals surface area contributed by atoms with E-state index < -0.39 is 34.6 Å². The van der Waals surface area contributed by atoms with E-state index in [0.717, 1.165) is 49.1 Å². The molecular weight excluding hydrogens is 485 g/mol. The number of aromatic nitrogens is 2. The zero-order chi connectivity index (χ0) is 26.5. The van der Waals surface area contributed by atoms with Gasteiger partial charge in [0, 0.05) is 31.5 Å². The topological polar surface area (TPSA) is 99.4 Å². The minimum Gasteiger partial charge on any atom is -0.491 e.